The van der Waals surface area contributed by atoms with Gasteiger partial charge in [-0.15, -0.1) is 0 Å². The Balaban J connectivity index is 2.79. The molecule has 2 aliphatic carbocycles. The Hall–Kier alpha value is -1.83. The lowest BCUT2D eigenvalue weighted by Gasteiger charge is -2.04. The Labute approximate surface area is 108 Å². The summed E-state index contributed by atoms with van der Waals surface area (Å²) in [6.45, 7) is 8.23. The number of aromatic carboxylic acids is 1. The van der Waals surface area contributed by atoms with Gasteiger partial charge < -0.3 is 5.11 Å². The quantitative estimate of drug-likeness (QED) is 0.855. The van der Waals surface area contributed by atoms with Crippen LogP contribution in [0.1, 0.15) is 46.8 Å². The fourth-order valence-corrected chi connectivity index (χ4v) is 2.37. The van der Waals surface area contributed by atoms with Gasteiger partial charge >= 0.3 is 5.97 Å². The van der Waals surface area contributed by atoms with Crippen LogP contribution >= 0.6 is 0 Å². The van der Waals surface area contributed by atoms with Gasteiger partial charge in [-0.1, -0.05) is 32.0 Å². The minimum absolute atomic E-state index is 0.408. The second-order valence-electron chi connectivity index (χ2n) is 5.15. The Morgan fingerprint density at radius 1 is 1.11 bits per heavy atom. The molecule has 2 heteroatoms. The first kappa shape index (κ1) is 12.6. The highest BCUT2D eigenvalue weighted by molar-refractivity contribution is 5.99. The molecule has 0 saturated carbocycles. The summed E-state index contributed by atoms with van der Waals surface area (Å²) in [5.41, 5.74) is 5.61. The molecule has 2 nitrogen and oxygen atoms in total. The number of aryl methyl sites for hydroxylation is 2. The molecule has 0 amide bonds. The molecule has 0 bridgehead atoms. The third kappa shape index (κ3) is 1.99. The van der Waals surface area contributed by atoms with Crippen molar-refractivity contribution < 1.29 is 9.90 Å². The molecular weight excluding hydrogens is 224 g/mol. The summed E-state index contributed by atoms with van der Waals surface area (Å²) < 4.78 is 0. The van der Waals surface area contributed by atoms with Crippen LogP contribution in [0.5, 0.6) is 0 Å². The predicted molar refractivity (Wildman–Crippen MR) is 73.6 cm³/mol. The molecule has 0 aromatic heterocycles. The van der Waals surface area contributed by atoms with Gasteiger partial charge in [0.25, 0.3) is 0 Å². The molecule has 0 aliphatic heterocycles. The smallest absolute Gasteiger partial charge is 0.336 e. The second-order valence-corrected chi connectivity index (χ2v) is 5.15. The summed E-state index contributed by atoms with van der Waals surface area (Å²) in [5, 5.41) is 9.28. The van der Waals surface area contributed by atoms with Crippen molar-refractivity contribution in [2.75, 3.05) is 0 Å². The van der Waals surface area contributed by atoms with Crippen LogP contribution in [0.25, 0.3) is 11.1 Å². The lowest BCUT2D eigenvalue weighted by molar-refractivity contribution is 0.0698. The maximum absolute atomic E-state index is 11.3. The molecule has 0 aromatic carbocycles. The number of carboxylic acids is 1. The van der Waals surface area contributed by atoms with Crippen molar-refractivity contribution in [3.05, 3.63) is 46.5 Å². The summed E-state index contributed by atoms with van der Waals surface area (Å²) in [5.74, 6) is -0.420. The Morgan fingerprint density at radius 2 is 1.78 bits per heavy atom. The number of fused-ring (bicyclic) bond motifs is 1. The molecule has 2 aliphatic rings. The minimum atomic E-state index is -0.853. The number of carboxylic acid groups (broad SMARTS) is 1. The van der Waals surface area contributed by atoms with E-state index >= 15 is 0 Å². The van der Waals surface area contributed by atoms with Crippen molar-refractivity contribution in [3.8, 4) is 11.1 Å². The maximum Gasteiger partial charge on any atom is 0.336 e. The van der Waals surface area contributed by atoms with Crippen molar-refractivity contribution in [3.63, 3.8) is 0 Å². The van der Waals surface area contributed by atoms with Crippen molar-refractivity contribution in [1.29, 1.82) is 0 Å². The molecule has 0 fully saturated rings. The van der Waals surface area contributed by atoms with E-state index in [4.69, 9.17) is 0 Å². The molecule has 2 rings (SSSR count). The molecule has 0 unspecified atom stereocenters. The molecule has 1 N–H and O–H groups in total. The van der Waals surface area contributed by atoms with E-state index in [2.05, 4.69) is 26.0 Å². The highest BCUT2D eigenvalue weighted by Crippen LogP contribution is 2.35. The van der Waals surface area contributed by atoms with E-state index in [-0.39, 0.29) is 0 Å². The Kier molecular flexibility index (Phi) is 3.12. The van der Waals surface area contributed by atoms with Crippen LogP contribution in [-0.2, 0) is 0 Å². The standard InChI is InChI=1S/C16H18O2/c1-9(2)12-6-5-10(3)15-13(8-12)11(4)7-14(15)16(17)18/h5-9H,1-4H3,(H,17,18). The highest BCUT2D eigenvalue weighted by Gasteiger charge is 2.20. The first-order valence-corrected chi connectivity index (χ1v) is 6.19. The van der Waals surface area contributed by atoms with Gasteiger partial charge in [0.2, 0.25) is 0 Å². The van der Waals surface area contributed by atoms with E-state index in [1.807, 2.05) is 19.9 Å². The summed E-state index contributed by atoms with van der Waals surface area (Å²) >= 11 is 0. The zero-order chi connectivity index (χ0) is 13.4. The minimum Gasteiger partial charge on any atom is -0.478 e. The van der Waals surface area contributed by atoms with E-state index in [0.717, 1.165) is 22.3 Å². The van der Waals surface area contributed by atoms with E-state index in [1.165, 1.54) is 5.56 Å². The van der Waals surface area contributed by atoms with Crippen LogP contribution in [0, 0.1) is 13.8 Å². The number of hydrogen-bond donors (Lipinski definition) is 1. The summed E-state index contributed by atoms with van der Waals surface area (Å²) in [7, 11) is 0. The zero-order valence-corrected chi connectivity index (χ0v) is 11.2. The molecule has 0 saturated heterocycles. The first-order chi connectivity index (χ1) is 8.41. The molecule has 18 heavy (non-hydrogen) atoms. The second kappa shape index (κ2) is 4.45. The molecule has 0 atom stereocenters. The summed E-state index contributed by atoms with van der Waals surface area (Å²) in [4.78, 5) is 11.3. The number of carbonyl (C=O) groups is 1. The molecule has 0 heterocycles. The van der Waals surface area contributed by atoms with Gasteiger partial charge in [-0.05, 0) is 53.6 Å². The third-order valence-electron chi connectivity index (χ3n) is 3.45. The average Bonchev–Trinajstić information content (AvgIpc) is 2.50. The van der Waals surface area contributed by atoms with Crippen LogP contribution < -0.4 is 0 Å². The zero-order valence-electron chi connectivity index (χ0n) is 11.2. The number of hydrogen-bond acceptors (Lipinski definition) is 1. The van der Waals surface area contributed by atoms with Crippen molar-refractivity contribution in [2.24, 2.45) is 0 Å². The van der Waals surface area contributed by atoms with Gasteiger partial charge in [0.15, 0.2) is 0 Å². The normalized spacial score (nSPS) is 11.2. The van der Waals surface area contributed by atoms with Crippen LogP contribution in [0.15, 0.2) is 24.3 Å². The average molecular weight is 242 g/mol. The topological polar surface area (TPSA) is 37.3 Å². The molecule has 0 radical (unpaired) electrons. The van der Waals surface area contributed by atoms with Crippen LogP contribution in [0.4, 0.5) is 0 Å². The fraction of sp³-hybridized carbons (Fsp3) is 0.312. The fourth-order valence-electron chi connectivity index (χ4n) is 2.37. The molecule has 0 spiro atoms. The van der Waals surface area contributed by atoms with E-state index in [1.54, 1.807) is 6.07 Å². The first-order valence-electron chi connectivity index (χ1n) is 6.19. The maximum atomic E-state index is 11.3. The lowest BCUT2D eigenvalue weighted by Crippen LogP contribution is -1.95. The third-order valence-corrected chi connectivity index (χ3v) is 3.45. The van der Waals surface area contributed by atoms with Gasteiger partial charge in [0.05, 0.1) is 5.56 Å². The largest absolute Gasteiger partial charge is 0.478 e. The molecular formula is C16H18O2. The van der Waals surface area contributed by atoms with E-state index < -0.39 is 5.97 Å². The van der Waals surface area contributed by atoms with Gasteiger partial charge in [-0.25, -0.2) is 4.79 Å². The number of rotatable bonds is 2. The lowest BCUT2D eigenvalue weighted by atomic mass is 10.0. The van der Waals surface area contributed by atoms with E-state index in [0.29, 0.717) is 11.5 Å². The molecule has 94 valence electrons. The SMILES string of the molecule is Cc1cc(C(=O)O)c2c(C)ccc(C(C)C)cc1-2. The summed E-state index contributed by atoms with van der Waals surface area (Å²) in [6.07, 6.45) is 0. The van der Waals surface area contributed by atoms with E-state index in [9.17, 15) is 9.90 Å². The van der Waals surface area contributed by atoms with Crippen LogP contribution in [0.3, 0.4) is 0 Å². The van der Waals surface area contributed by atoms with Gasteiger partial charge in [0.1, 0.15) is 0 Å². The Morgan fingerprint density at radius 3 is 2.33 bits per heavy atom. The van der Waals surface area contributed by atoms with Gasteiger partial charge in [-0.3, -0.25) is 0 Å². The monoisotopic (exact) mass is 242 g/mol. The van der Waals surface area contributed by atoms with Crippen LogP contribution in [-0.4, -0.2) is 11.1 Å². The highest BCUT2D eigenvalue weighted by atomic mass is 16.4. The summed E-state index contributed by atoms with van der Waals surface area (Å²) in [6, 6.07) is 7.99. The van der Waals surface area contributed by atoms with Crippen molar-refractivity contribution >= 4 is 5.97 Å². The predicted octanol–water partition coefficient (Wildman–Crippen LogP) is 4.23. The van der Waals surface area contributed by atoms with Crippen molar-refractivity contribution in [1.82, 2.24) is 0 Å². The van der Waals surface area contributed by atoms with Gasteiger partial charge in [0, 0.05) is 0 Å². The Bertz CT molecular complexity index is 582. The van der Waals surface area contributed by atoms with Crippen LogP contribution in [0.2, 0.25) is 0 Å². The van der Waals surface area contributed by atoms with Gasteiger partial charge in [-0.2, -0.15) is 0 Å². The van der Waals surface area contributed by atoms with Crippen molar-refractivity contribution in [2.45, 2.75) is 33.6 Å². The molecule has 0 aromatic rings.